The van der Waals surface area contributed by atoms with Crippen LogP contribution in [0.3, 0.4) is 0 Å². The molecule has 0 saturated carbocycles. The number of hydrazone groups is 1. The van der Waals surface area contributed by atoms with Crippen LogP contribution in [0.25, 0.3) is 0 Å². The van der Waals surface area contributed by atoms with Gasteiger partial charge < -0.3 is 15.0 Å². The monoisotopic (exact) mass is 473 g/mol. The van der Waals surface area contributed by atoms with Crippen LogP contribution >= 0.6 is 0 Å². The summed E-state index contributed by atoms with van der Waals surface area (Å²) < 4.78 is 5.48. The number of hydrogen-bond acceptors (Lipinski definition) is 8. The molecule has 0 bridgehead atoms. The number of anilines is 2. The zero-order valence-corrected chi connectivity index (χ0v) is 20.0. The van der Waals surface area contributed by atoms with Gasteiger partial charge in [0.05, 0.1) is 19.4 Å². The van der Waals surface area contributed by atoms with Gasteiger partial charge >= 0.3 is 0 Å². The second-order valence-electron chi connectivity index (χ2n) is 8.40. The molecular formula is C26H31N7O2. The number of amides is 1. The van der Waals surface area contributed by atoms with Crippen LogP contribution in [0.1, 0.15) is 35.4 Å². The topological polar surface area (TPSA) is 105 Å². The lowest BCUT2D eigenvalue weighted by Gasteiger charge is -2.28. The summed E-state index contributed by atoms with van der Waals surface area (Å²) in [6, 6.07) is 13.8. The summed E-state index contributed by atoms with van der Waals surface area (Å²) in [7, 11) is 0. The molecule has 0 atom stereocenters. The minimum Gasteiger partial charge on any atom is -0.378 e. The lowest BCUT2D eigenvalue weighted by Crippen LogP contribution is -2.37. The molecule has 9 heteroatoms. The molecule has 0 aliphatic carbocycles. The van der Waals surface area contributed by atoms with Gasteiger partial charge in [-0.25, -0.2) is 9.97 Å². The van der Waals surface area contributed by atoms with Crippen molar-refractivity contribution >= 4 is 23.8 Å². The van der Waals surface area contributed by atoms with Gasteiger partial charge in [0.15, 0.2) is 5.82 Å². The fourth-order valence-corrected chi connectivity index (χ4v) is 3.73. The maximum Gasteiger partial charge on any atom is 0.220 e. The summed E-state index contributed by atoms with van der Waals surface area (Å²) in [5.41, 5.74) is 6.26. The standard InChI is InChI=1S/C26H31N7O2/c1-20-4-2-5-22(16-20)19-29-32-24-17-25(33-12-14-35-15-13-33)31-23(30-24)6-3-7-26(34)28-18-21-8-10-27-11-9-21/h2,4-5,8-11,16-17,19H,3,6-7,12-15,18H2,1H3,(H,28,34)(H,30,31,32)/b29-19+. The highest BCUT2D eigenvalue weighted by Gasteiger charge is 2.15. The van der Waals surface area contributed by atoms with Crippen molar-refractivity contribution in [2.45, 2.75) is 32.7 Å². The number of rotatable bonds is 10. The van der Waals surface area contributed by atoms with Crippen LogP contribution in [-0.4, -0.2) is 53.4 Å². The van der Waals surface area contributed by atoms with E-state index in [1.807, 2.05) is 30.3 Å². The number of morpholine rings is 1. The molecule has 9 nitrogen and oxygen atoms in total. The second-order valence-corrected chi connectivity index (χ2v) is 8.40. The number of benzene rings is 1. The Hall–Kier alpha value is -3.85. The second kappa shape index (κ2) is 12.6. The van der Waals surface area contributed by atoms with E-state index in [1.54, 1.807) is 18.6 Å². The molecule has 35 heavy (non-hydrogen) atoms. The predicted molar refractivity (Wildman–Crippen MR) is 136 cm³/mol. The predicted octanol–water partition coefficient (Wildman–Crippen LogP) is 3.10. The molecule has 1 aliphatic heterocycles. The van der Waals surface area contributed by atoms with Crippen LogP contribution in [0, 0.1) is 6.92 Å². The highest BCUT2D eigenvalue weighted by atomic mass is 16.5. The Morgan fingerprint density at radius 1 is 1.14 bits per heavy atom. The third-order valence-electron chi connectivity index (χ3n) is 5.57. The number of carbonyl (C=O) groups is 1. The quantitative estimate of drug-likeness (QED) is 0.344. The molecule has 1 amide bonds. The van der Waals surface area contributed by atoms with E-state index in [2.05, 4.69) is 49.8 Å². The van der Waals surface area contributed by atoms with Crippen molar-refractivity contribution in [2.75, 3.05) is 36.6 Å². The number of nitrogens with zero attached hydrogens (tertiary/aromatic N) is 5. The molecule has 2 aromatic heterocycles. The molecule has 182 valence electrons. The van der Waals surface area contributed by atoms with E-state index >= 15 is 0 Å². The van der Waals surface area contributed by atoms with Gasteiger partial charge in [-0.15, -0.1) is 0 Å². The lowest BCUT2D eigenvalue weighted by atomic mass is 10.2. The number of hydrogen-bond donors (Lipinski definition) is 2. The molecular weight excluding hydrogens is 442 g/mol. The first-order chi connectivity index (χ1) is 17.2. The minimum absolute atomic E-state index is 0.00671. The average Bonchev–Trinajstić information content (AvgIpc) is 2.89. The Balaban J connectivity index is 1.37. The normalized spacial score (nSPS) is 13.7. The van der Waals surface area contributed by atoms with E-state index in [0.717, 1.165) is 30.0 Å². The molecule has 2 N–H and O–H groups in total. The number of nitrogens with one attached hydrogen (secondary N) is 2. The summed E-state index contributed by atoms with van der Waals surface area (Å²) >= 11 is 0. The Kier molecular flexibility index (Phi) is 8.72. The van der Waals surface area contributed by atoms with E-state index in [-0.39, 0.29) is 5.91 Å². The molecule has 1 aromatic carbocycles. The van der Waals surface area contributed by atoms with Crippen molar-refractivity contribution < 1.29 is 9.53 Å². The van der Waals surface area contributed by atoms with Gasteiger partial charge in [0.2, 0.25) is 5.91 Å². The maximum atomic E-state index is 12.3. The fraction of sp³-hybridized carbons (Fsp3) is 0.346. The smallest absolute Gasteiger partial charge is 0.220 e. The van der Waals surface area contributed by atoms with Gasteiger partial charge in [0, 0.05) is 50.9 Å². The third kappa shape index (κ3) is 7.86. The molecule has 1 aliphatic rings. The first-order valence-electron chi connectivity index (χ1n) is 11.9. The van der Waals surface area contributed by atoms with Gasteiger partial charge in [-0.1, -0.05) is 29.8 Å². The maximum absolute atomic E-state index is 12.3. The SMILES string of the molecule is Cc1cccc(/C=N/Nc2cc(N3CCOCC3)nc(CCCC(=O)NCc3ccncc3)n2)c1. The zero-order valence-electron chi connectivity index (χ0n) is 20.0. The molecule has 1 fully saturated rings. The van der Waals surface area contributed by atoms with Crippen LogP contribution in [0.4, 0.5) is 11.6 Å². The number of aromatic nitrogens is 3. The van der Waals surface area contributed by atoms with E-state index in [1.165, 1.54) is 5.56 Å². The first kappa shape index (κ1) is 24.3. The first-order valence-corrected chi connectivity index (χ1v) is 11.9. The van der Waals surface area contributed by atoms with Crippen LogP contribution in [0.15, 0.2) is 60.0 Å². The molecule has 3 heterocycles. The summed E-state index contributed by atoms with van der Waals surface area (Å²) in [4.78, 5) is 27.8. The van der Waals surface area contributed by atoms with E-state index in [0.29, 0.717) is 50.7 Å². The van der Waals surface area contributed by atoms with E-state index in [4.69, 9.17) is 9.72 Å². The Labute approximate surface area is 205 Å². The van der Waals surface area contributed by atoms with Crippen LogP contribution in [0.2, 0.25) is 0 Å². The molecule has 1 saturated heterocycles. The van der Waals surface area contributed by atoms with E-state index < -0.39 is 0 Å². The third-order valence-corrected chi connectivity index (χ3v) is 5.57. The molecule has 0 unspecified atom stereocenters. The Bertz CT molecular complexity index is 1130. The number of pyridine rings is 1. The average molecular weight is 474 g/mol. The van der Waals surface area contributed by atoms with Crippen molar-refractivity contribution in [1.29, 1.82) is 0 Å². The van der Waals surface area contributed by atoms with Crippen LogP contribution in [0.5, 0.6) is 0 Å². The van der Waals surface area contributed by atoms with Crippen molar-refractivity contribution in [2.24, 2.45) is 5.10 Å². The van der Waals surface area contributed by atoms with E-state index in [9.17, 15) is 4.79 Å². The highest BCUT2D eigenvalue weighted by molar-refractivity contribution is 5.80. The Morgan fingerprint density at radius 3 is 2.77 bits per heavy atom. The van der Waals surface area contributed by atoms with Crippen molar-refractivity contribution in [3.8, 4) is 0 Å². The van der Waals surface area contributed by atoms with Gasteiger partial charge in [0.25, 0.3) is 0 Å². The summed E-state index contributed by atoms with van der Waals surface area (Å²) in [6.07, 6.45) is 6.87. The summed E-state index contributed by atoms with van der Waals surface area (Å²) in [6.45, 7) is 5.45. The van der Waals surface area contributed by atoms with Crippen molar-refractivity contribution in [3.63, 3.8) is 0 Å². The highest BCUT2D eigenvalue weighted by Crippen LogP contribution is 2.18. The largest absolute Gasteiger partial charge is 0.378 e. The Morgan fingerprint density at radius 2 is 1.97 bits per heavy atom. The minimum atomic E-state index is 0.00671. The van der Waals surface area contributed by atoms with Gasteiger partial charge in [0.1, 0.15) is 11.6 Å². The summed E-state index contributed by atoms with van der Waals surface area (Å²) in [5.74, 6) is 2.16. The van der Waals surface area contributed by atoms with Crippen LogP contribution < -0.4 is 15.6 Å². The number of ether oxygens (including phenoxy) is 1. The number of aryl methyl sites for hydroxylation is 2. The zero-order chi connectivity index (χ0) is 24.3. The van der Waals surface area contributed by atoms with Gasteiger partial charge in [-0.3, -0.25) is 15.2 Å². The lowest BCUT2D eigenvalue weighted by molar-refractivity contribution is -0.121. The van der Waals surface area contributed by atoms with Gasteiger partial charge in [-0.2, -0.15) is 5.10 Å². The van der Waals surface area contributed by atoms with Gasteiger partial charge in [-0.05, 0) is 36.6 Å². The summed E-state index contributed by atoms with van der Waals surface area (Å²) in [5, 5.41) is 7.31. The molecule has 0 spiro atoms. The van der Waals surface area contributed by atoms with Crippen molar-refractivity contribution in [1.82, 2.24) is 20.3 Å². The fourth-order valence-electron chi connectivity index (χ4n) is 3.73. The number of carbonyl (C=O) groups excluding carboxylic acids is 1. The van der Waals surface area contributed by atoms with Crippen molar-refractivity contribution in [3.05, 3.63) is 77.4 Å². The molecule has 0 radical (unpaired) electrons. The van der Waals surface area contributed by atoms with Crippen LogP contribution in [-0.2, 0) is 22.5 Å². The molecule has 4 rings (SSSR count). The molecule has 3 aromatic rings.